The molecular weight excluding hydrogens is 671 g/mol. The van der Waals surface area contributed by atoms with E-state index >= 15 is 0 Å². The molecule has 0 unspecified atom stereocenters. The van der Waals surface area contributed by atoms with E-state index in [1.54, 1.807) is 0 Å². The number of phosphoric ester groups is 1. The highest BCUT2D eigenvalue weighted by Crippen LogP contribution is 2.48. The summed E-state index contributed by atoms with van der Waals surface area (Å²) in [5.41, 5.74) is 10.5. The van der Waals surface area contributed by atoms with Gasteiger partial charge in [-0.15, -0.1) is 0 Å². The second kappa shape index (κ2) is 13.4. The van der Waals surface area contributed by atoms with Crippen LogP contribution in [-0.4, -0.2) is 89.9 Å². The Bertz CT molecular complexity index is 2210. The number of phosphoric acid groups is 1. The summed E-state index contributed by atoms with van der Waals surface area (Å²) >= 11 is 0. The molecule has 0 amide bonds. The Hall–Kier alpha value is -5.06. The molecule has 8 N–H and O–H groups in total. The smallest absolute Gasteiger partial charge is 0.486 e. The lowest BCUT2D eigenvalue weighted by Crippen LogP contribution is -2.15. The van der Waals surface area contributed by atoms with Crippen molar-refractivity contribution >= 4 is 51.9 Å². The van der Waals surface area contributed by atoms with Crippen molar-refractivity contribution in [3.63, 3.8) is 0 Å². The molecule has 0 radical (unpaired) electrons. The van der Waals surface area contributed by atoms with E-state index in [9.17, 15) is 32.4 Å². The highest BCUT2D eigenvalue weighted by molar-refractivity contribution is 7.90. The molecule has 1 aromatic carbocycles. The fourth-order valence-electron chi connectivity index (χ4n) is 4.15. The van der Waals surface area contributed by atoms with Crippen LogP contribution in [0, 0.1) is 0 Å². The number of nitrogens with one attached hydrogen (secondary N) is 2. The minimum atomic E-state index is -5.14. The van der Waals surface area contributed by atoms with Gasteiger partial charge in [-0.1, -0.05) is 0 Å². The van der Waals surface area contributed by atoms with Crippen molar-refractivity contribution < 1.29 is 46.2 Å². The summed E-state index contributed by atoms with van der Waals surface area (Å²) in [4.78, 5) is 63.1. The van der Waals surface area contributed by atoms with Crippen LogP contribution in [0.3, 0.4) is 0 Å². The molecule has 22 nitrogen and oxygen atoms in total. The van der Waals surface area contributed by atoms with Crippen molar-refractivity contribution in [2.45, 2.75) is 18.4 Å². The third kappa shape index (κ3) is 7.85. The van der Waals surface area contributed by atoms with E-state index in [-0.39, 0.29) is 79.0 Å². The van der Waals surface area contributed by atoms with Gasteiger partial charge in [0.25, 0.3) is 11.1 Å². The summed E-state index contributed by atoms with van der Waals surface area (Å²) < 4.78 is 66.9. The van der Waals surface area contributed by atoms with E-state index in [2.05, 4.69) is 29.9 Å². The minimum absolute atomic E-state index is 0.0385. The minimum Gasteiger partial charge on any atom is -0.486 e. The van der Waals surface area contributed by atoms with Crippen LogP contribution in [0.2, 0.25) is 0 Å². The maximum atomic E-state index is 12.6. The number of nitrogens with zero attached hydrogens (tertiary/aromatic N) is 6. The summed E-state index contributed by atoms with van der Waals surface area (Å²) in [5.74, 6) is -1.60. The molecule has 5 aromatic rings. The number of nitrogen functional groups attached to an aromatic ring is 2. The summed E-state index contributed by atoms with van der Waals surface area (Å²) in [7, 11) is -9.10. The van der Waals surface area contributed by atoms with Crippen LogP contribution >= 0.6 is 7.82 Å². The van der Waals surface area contributed by atoms with E-state index in [0.29, 0.717) is 0 Å². The molecule has 47 heavy (non-hydrogen) atoms. The van der Waals surface area contributed by atoms with Crippen LogP contribution in [0.25, 0.3) is 22.3 Å². The SMILES string of the molecule is CS(=O)(=O)c1ccc(OP(=O)(O)O)c(OCCOCn2cnc3c(=O)[nH]c(N)nc32)c1OCCOCn1cnc2c(=O)[nH]c(N)nc21. The third-order valence-electron chi connectivity index (χ3n) is 6.05. The standard InChI is InChI=1S/C23H27N10O12PS/c1-47(39,40)13-3-2-12(45-46(36,37)38)16(43-6-4-41-10-32-8-26-14-18(32)28-22(24)30-20(14)34)17(13)44-7-5-42-11-33-9-27-15-19(33)29-23(25)31-21(15)35/h2-3,8-9H,4-7,10-11H2,1H3,(H2,36,37,38)(H3,24,28,30,34)(H3,25,29,31,35). The Labute approximate surface area is 262 Å². The van der Waals surface area contributed by atoms with E-state index in [0.717, 1.165) is 18.4 Å². The first-order chi connectivity index (χ1) is 22.2. The fourth-order valence-corrected chi connectivity index (χ4v) is 5.36. The molecule has 0 atom stereocenters. The largest absolute Gasteiger partial charge is 0.524 e. The van der Waals surface area contributed by atoms with Crippen molar-refractivity contribution in [1.29, 1.82) is 0 Å². The Morgan fingerprint density at radius 3 is 1.79 bits per heavy atom. The zero-order chi connectivity index (χ0) is 33.9. The number of H-pyrrole nitrogens is 2. The zero-order valence-electron chi connectivity index (χ0n) is 24.2. The normalized spacial score (nSPS) is 12.1. The van der Waals surface area contributed by atoms with E-state index in [1.165, 1.54) is 21.8 Å². The predicted octanol–water partition coefficient (Wildman–Crippen LogP) is -1.30. The molecule has 252 valence electrons. The Balaban J connectivity index is 1.28. The number of aromatic nitrogens is 8. The predicted molar refractivity (Wildman–Crippen MR) is 160 cm³/mol. The van der Waals surface area contributed by atoms with E-state index in [1.807, 2.05) is 0 Å². The van der Waals surface area contributed by atoms with Gasteiger partial charge < -0.3 is 34.9 Å². The first-order valence-corrected chi connectivity index (χ1v) is 16.6. The molecule has 24 heteroatoms. The number of nitrogens with two attached hydrogens (primary N) is 2. The molecule has 5 rings (SSSR count). The van der Waals surface area contributed by atoms with E-state index in [4.69, 9.17) is 34.9 Å². The zero-order valence-corrected chi connectivity index (χ0v) is 25.9. The Morgan fingerprint density at radius 1 is 0.830 bits per heavy atom. The molecule has 0 fully saturated rings. The first-order valence-electron chi connectivity index (χ1n) is 13.2. The number of sulfone groups is 1. The van der Waals surface area contributed by atoms with Crippen molar-refractivity contribution in [1.82, 2.24) is 39.0 Å². The molecule has 0 spiro atoms. The van der Waals surface area contributed by atoms with Gasteiger partial charge in [0.15, 0.2) is 43.7 Å². The number of fused-ring (bicyclic) bond motifs is 2. The van der Waals surface area contributed by atoms with Gasteiger partial charge in [0, 0.05) is 6.26 Å². The van der Waals surface area contributed by atoms with Crippen molar-refractivity contribution in [2.24, 2.45) is 0 Å². The van der Waals surface area contributed by atoms with Crippen LogP contribution in [0.4, 0.5) is 11.9 Å². The number of hydrogen-bond acceptors (Lipinski definition) is 16. The number of anilines is 2. The molecule has 0 aliphatic heterocycles. The second-order valence-electron chi connectivity index (χ2n) is 9.52. The molecule has 0 aliphatic rings. The van der Waals surface area contributed by atoms with Crippen molar-refractivity contribution in [3.05, 3.63) is 45.5 Å². The van der Waals surface area contributed by atoms with Gasteiger partial charge >= 0.3 is 7.82 Å². The molecule has 0 saturated carbocycles. The second-order valence-corrected chi connectivity index (χ2v) is 12.7. The van der Waals surface area contributed by atoms with Gasteiger partial charge in [0.1, 0.15) is 31.6 Å². The lowest BCUT2D eigenvalue weighted by atomic mass is 10.3. The van der Waals surface area contributed by atoms with Crippen LogP contribution in [0.5, 0.6) is 17.2 Å². The van der Waals surface area contributed by atoms with Crippen molar-refractivity contribution in [3.8, 4) is 17.2 Å². The van der Waals surface area contributed by atoms with Gasteiger partial charge in [0.2, 0.25) is 17.6 Å². The fraction of sp³-hybridized carbons (Fsp3) is 0.304. The Kier molecular flexibility index (Phi) is 9.46. The van der Waals surface area contributed by atoms with E-state index < -0.39 is 46.0 Å². The lowest BCUT2D eigenvalue weighted by molar-refractivity contribution is 0.0486. The Morgan fingerprint density at radius 2 is 1.32 bits per heavy atom. The summed E-state index contributed by atoms with van der Waals surface area (Å²) in [5, 5.41) is 0. The van der Waals surface area contributed by atoms with Gasteiger partial charge in [-0.05, 0) is 12.1 Å². The number of benzene rings is 1. The first kappa shape index (κ1) is 33.3. The molecule has 4 heterocycles. The number of imidazole rings is 2. The molecule has 0 aliphatic carbocycles. The number of hydrogen-bond donors (Lipinski definition) is 6. The van der Waals surface area contributed by atoms with Gasteiger partial charge in [-0.2, -0.15) is 9.97 Å². The third-order valence-corrected chi connectivity index (χ3v) is 7.61. The molecule has 0 saturated heterocycles. The number of aromatic amines is 2. The molecule has 0 bridgehead atoms. The topological polar surface area (TPSA) is 317 Å². The summed E-state index contributed by atoms with van der Waals surface area (Å²) in [6.07, 6.45) is 3.52. The van der Waals surface area contributed by atoms with Crippen LogP contribution in [0.1, 0.15) is 0 Å². The van der Waals surface area contributed by atoms with Crippen molar-refractivity contribution in [2.75, 3.05) is 44.2 Å². The van der Waals surface area contributed by atoms with Gasteiger partial charge in [0.05, 0.1) is 25.9 Å². The molecular formula is C23H27N10O12PS. The maximum absolute atomic E-state index is 12.6. The average molecular weight is 699 g/mol. The maximum Gasteiger partial charge on any atom is 0.524 e. The highest BCUT2D eigenvalue weighted by Gasteiger charge is 2.27. The quantitative estimate of drug-likeness (QED) is 0.0546. The van der Waals surface area contributed by atoms with Gasteiger partial charge in [-0.3, -0.25) is 38.5 Å². The van der Waals surface area contributed by atoms with Crippen LogP contribution in [-0.2, 0) is 37.3 Å². The van der Waals surface area contributed by atoms with Gasteiger partial charge in [-0.25, -0.2) is 23.0 Å². The highest BCUT2D eigenvalue weighted by atomic mass is 32.2. The number of rotatable bonds is 15. The summed E-state index contributed by atoms with van der Waals surface area (Å²) in [6.45, 7) is -1.15. The van der Waals surface area contributed by atoms with Crippen LogP contribution < -0.4 is 36.6 Å². The lowest BCUT2D eigenvalue weighted by Gasteiger charge is -2.19. The average Bonchev–Trinajstić information content (AvgIpc) is 3.56. The molecule has 4 aromatic heterocycles. The van der Waals surface area contributed by atoms with Crippen LogP contribution in [0.15, 0.2) is 39.3 Å². The monoisotopic (exact) mass is 698 g/mol. The number of ether oxygens (including phenoxy) is 4. The summed E-state index contributed by atoms with van der Waals surface area (Å²) in [6, 6.07) is 2.04.